The molecular formula is C26H30O8S2. The van der Waals surface area contributed by atoms with Crippen molar-refractivity contribution in [2.75, 3.05) is 26.4 Å². The predicted molar refractivity (Wildman–Crippen MR) is 135 cm³/mol. The Balaban J connectivity index is 1.39. The predicted octanol–water partition coefficient (Wildman–Crippen LogP) is 4.65. The van der Waals surface area contributed by atoms with E-state index in [-0.39, 0.29) is 36.2 Å². The van der Waals surface area contributed by atoms with E-state index < -0.39 is 20.2 Å². The molecule has 8 nitrogen and oxygen atoms in total. The highest BCUT2D eigenvalue weighted by Gasteiger charge is 2.16. The Kier molecular flexibility index (Phi) is 9.89. The molecule has 3 aromatic carbocycles. The third-order valence-corrected chi connectivity index (χ3v) is 7.69. The number of hydrogen-bond donors (Lipinski definition) is 0. The van der Waals surface area contributed by atoms with Gasteiger partial charge in [-0.1, -0.05) is 47.5 Å². The van der Waals surface area contributed by atoms with Gasteiger partial charge in [0, 0.05) is 12.8 Å². The Bertz CT molecular complexity index is 1210. The van der Waals surface area contributed by atoms with Gasteiger partial charge in [0.05, 0.1) is 36.2 Å². The minimum atomic E-state index is -3.81. The maximum Gasteiger partial charge on any atom is 0.296 e. The van der Waals surface area contributed by atoms with Crippen LogP contribution in [0.3, 0.4) is 0 Å². The Morgan fingerprint density at radius 2 is 0.889 bits per heavy atom. The van der Waals surface area contributed by atoms with Gasteiger partial charge in [0.2, 0.25) is 0 Å². The van der Waals surface area contributed by atoms with Gasteiger partial charge in [0.15, 0.2) is 11.5 Å². The molecule has 0 radical (unpaired) electrons. The van der Waals surface area contributed by atoms with Crippen LogP contribution in [-0.2, 0) is 28.6 Å². The molecule has 0 fully saturated rings. The number of benzene rings is 3. The highest BCUT2D eigenvalue weighted by molar-refractivity contribution is 7.87. The summed E-state index contributed by atoms with van der Waals surface area (Å²) in [4.78, 5) is 0.229. The van der Waals surface area contributed by atoms with E-state index in [1.54, 1.807) is 48.5 Å². The van der Waals surface area contributed by atoms with E-state index in [0.29, 0.717) is 24.3 Å². The fraction of sp³-hybridized carbons (Fsp3) is 0.308. The van der Waals surface area contributed by atoms with Crippen molar-refractivity contribution in [3.05, 3.63) is 83.9 Å². The highest BCUT2D eigenvalue weighted by Crippen LogP contribution is 2.27. The van der Waals surface area contributed by atoms with Crippen LogP contribution in [0.25, 0.3) is 0 Å². The van der Waals surface area contributed by atoms with Crippen LogP contribution in [0.2, 0.25) is 0 Å². The number of para-hydroxylation sites is 2. The maximum absolute atomic E-state index is 12.2. The second kappa shape index (κ2) is 12.9. The third-order valence-electron chi connectivity index (χ3n) is 5.04. The molecule has 0 aromatic heterocycles. The second-order valence-corrected chi connectivity index (χ2v) is 11.3. The van der Waals surface area contributed by atoms with Gasteiger partial charge in [0.1, 0.15) is 0 Å². The number of ether oxygens (including phenoxy) is 2. The molecule has 0 saturated heterocycles. The van der Waals surface area contributed by atoms with Crippen LogP contribution in [0, 0.1) is 13.8 Å². The van der Waals surface area contributed by atoms with Gasteiger partial charge in [-0.15, -0.1) is 0 Å². The first kappa shape index (κ1) is 27.7. The molecule has 0 aliphatic rings. The Hall–Kier alpha value is -2.92. The molecule has 3 aromatic rings. The van der Waals surface area contributed by atoms with E-state index in [1.165, 1.54) is 24.3 Å². The molecule has 0 N–H and O–H groups in total. The fourth-order valence-corrected chi connectivity index (χ4v) is 4.94. The lowest BCUT2D eigenvalue weighted by Crippen LogP contribution is -2.11. The smallest absolute Gasteiger partial charge is 0.296 e. The lowest BCUT2D eigenvalue weighted by atomic mass is 10.2. The van der Waals surface area contributed by atoms with Crippen LogP contribution >= 0.6 is 0 Å². The number of aryl methyl sites for hydroxylation is 2. The Labute approximate surface area is 213 Å². The van der Waals surface area contributed by atoms with Gasteiger partial charge in [-0.3, -0.25) is 8.37 Å². The van der Waals surface area contributed by atoms with Gasteiger partial charge in [0.25, 0.3) is 20.2 Å². The summed E-state index contributed by atoms with van der Waals surface area (Å²) < 4.78 is 70.5. The highest BCUT2D eigenvalue weighted by atomic mass is 32.2. The molecule has 3 rings (SSSR count). The van der Waals surface area contributed by atoms with Crippen molar-refractivity contribution >= 4 is 20.2 Å². The molecular weight excluding hydrogens is 504 g/mol. The summed E-state index contributed by atoms with van der Waals surface area (Å²) >= 11 is 0. The standard InChI is InChI=1S/C26H30O8S2/c1-21-9-13-23(14-10-21)35(27,28)33-19-5-17-31-25-7-3-4-8-26(25)32-18-6-20-34-36(29,30)24-15-11-22(2)12-16-24/h3-4,7-16H,5-6,17-20H2,1-2H3. The lowest BCUT2D eigenvalue weighted by molar-refractivity contribution is 0.224. The van der Waals surface area contributed by atoms with Crippen LogP contribution in [0.1, 0.15) is 24.0 Å². The Morgan fingerprint density at radius 1 is 0.528 bits per heavy atom. The monoisotopic (exact) mass is 534 g/mol. The summed E-state index contributed by atoms with van der Waals surface area (Å²) in [5, 5.41) is 0. The average molecular weight is 535 g/mol. The van der Waals surface area contributed by atoms with Crippen LogP contribution in [0.4, 0.5) is 0 Å². The van der Waals surface area contributed by atoms with E-state index in [2.05, 4.69) is 0 Å². The van der Waals surface area contributed by atoms with Crippen LogP contribution in [-0.4, -0.2) is 43.3 Å². The largest absolute Gasteiger partial charge is 0.490 e. The van der Waals surface area contributed by atoms with Crippen molar-refractivity contribution in [1.29, 1.82) is 0 Å². The molecule has 0 atom stereocenters. The molecule has 36 heavy (non-hydrogen) atoms. The molecule has 0 unspecified atom stereocenters. The summed E-state index contributed by atoms with van der Waals surface area (Å²) in [6.45, 7) is 4.16. The summed E-state index contributed by atoms with van der Waals surface area (Å²) in [6, 6.07) is 19.9. The summed E-state index contributed by atoms with van der Waals surface area (Å²) in [5.74, 6) is 0.985. The van der Waals surface area contributed by atoms with Crippen molar-refractivity contribution in [3.8, 4) is 11.5 Å². The summed E-state index contributed by atoms with van der Waals surface area (Å²) in [5.41, 5.74) is 1.92. The summed E-state index contributed by atoms with van der Waals surface area (Å²) in [6.07, 6.45) is 0.703. The van der Waals surface area contributed by atoms with Gasteiger partial charge in [-0.05, 0) is 50.2 Å². The van der Waals surface area contributed by atoms with Crippen molar-refractivity contribution in [2.45, 2.75) is 36.5 Å². The van der Waals surface area contributed by atoms with E-state index in [9.17, 15) is 16.8 Å². The second-order valence-electron chi connectivity index (χ2n) is 8.03. The first-order chi connectivity index (χ1) is 17.2. The van der Waals surface area contributed by atoms with Crippen molar-refractivity contribution in [1.82, 2.24) is 0 Å². The van der Waals surface area contributed by atoms with Crippen LogP contribution in [0.15, 0.2) is 82.6 Å². The Morgan fingerprint density at radius 3 is 1.25 bits per heavy atom. The van der Waals surface area contributed by atoms with Crippen molar-refractivity contribution in [2.24, 2.45) is 0 Å². The zero-order chi connectivity index (χ0) is 26.0. The minimum absolute atomic E-state index is 0.0218. The topological polar surface area (TPSA) is 105 Å². The molecule has 10 heteroatoms. The zero-order valence-corrected chi connectivity index (χ0v) is 21.9. The van der Waals surface area contributed by atoms with Crippen LogP contribution in [0.5, 0.6) is 11.5 Å². The molecule has 0 aliphatic carbocycles. The fourth-order valence-electron chi connectivity index (χ4n) is 3.05. The van der Waals surface area contributed by atoms with Crippen LogP contribution < -0.4 is 9.47 Å². The SMILES string of the molecule is Cc1ccc(S(=O)(=O)OCCCOc2ccccc2OCCCOS(=O)(=O)c2ccc(C)cc2)cc1. The molecule has 0 aliphatic heterocycles. The van der Waals surface area contributed by atoms with Gasteiger partial charge in [-0.25, -0.2) is 0 Å². The van der Waals surface area contributed by atoms with Gasteiger partial charge in [-0.2, -0.15) is 16.8 Å². The van der Waals surface area contributed by atoms with E-state index in [1.807, 2.05) is 13.8 Å². The first-order valence-electron chi connectivity index (χ1n) is 11.4. The van der Waals surface area contributed by atoms with Gasteiger partial charge >= 0.3 is 0 Å². The molecule has 0 spiro atoms. The average Bonchev–Trinajstić information content (AvgIpc) is 2.85. The molecule has 194 valence electrons. The normalized spacial score (nSPS) is 11.8. The van der Waals surface area contributed by atoms with E-state index in [4.69, 9.17) is 17.8 Å². The number of rotatable bonds is 14. The van der Waals surface area contributed by atoms with E-state index in [0.717, 1.165) is 11.1 Å². The minimum Gasteiger partial charge on any atom is -0.490 e. The lowest BCUT2D eigenvalue weighted by Gasteiger charge is -2.13. The van der Waals surface area contributed by atoms with Gasteiger partial charge < -0.3 is 9.47 Å². The summed E-state index contributed by atoms with van der Waals surface area (Å²) in [7, 11) is -7.63. The van der Waals surface area contributed by atoms with E-state index >= 15 is 0 Å². The molecule has 0 bridgehead atoms. The quantitative estimate of drug-likeness (QED) is 0.217. The zero-order valence-electron chi connectivity index (χ0n) is 20.3. The first-order valence-corrected chi connectivity index (χ1v) is 14.3. The molecule has 0 heterocycles. The maximum atomic E-state index is 12.2. The molecule has 0 saturated carbocycles. The van der Waals surface area contributed by atoms with Crippen molar-refractivity contribution < 1.29 is 34.7 Å². The number of hydrogen-bond acceptors (Lipinski definition) is 8. The third kappa shape index (κ3) is 8.34. The molecule has 0 amide bonds. The van der Waals surface area contributed by atoms with Crippen molar-refractivity contribution in [3.63, 3.8) is 0 Å².